The number of rotatable bonds is 8. The van der Waals surface area contributed by atoms with E-state index in [0.29, 0.717) is 22.2 Å². The molecule has 0 spiro atoms. The third-order valence-corrected chi connectivity index (χ3v) is 5.86. The number of thioether (sulfide) groups is 1. The summed E-state index contributed by atoms with van der Waals surface area (Å²) in [6.45, 7) is 1.75. The summed E-state index contributed by atoms with van der Waals surface area (Å²) in [4.78, 5) is 12.8. The third kappa shape index (κ3) is 5.42. The number of halogens is 1. The molecule has 4 aromatic rings. The van der Waals surface area contributed by atoms with Gasteiger partial charge in [-0.25, -0.2) is 4.39 Å². The maximum atomic E-state index is 14.0. The van der Waals surface area contributed by atoms with E-state index >= 15 is 0 Å². The normalized spacial score (nSPS) is 11.4. The van der Waals surface area contributed by atoms with Crippen molar-refractivity contribution in [1.82, 2.24) is 14.8 Å². The monoisotopic (exact) mass is 473 g/mol. The molecule has 7 nitrogen and oxygen atoms in total. The molecule has 0 aliphatic heterocycles. The van der Waals surface area contributed by atoms with Crippen molar-refractivity contribution in [2.24, 2.45) is 0 Å². The summed E-state index contributed by atoms with van der Waals surface area (Å²) in [7, 11) is 0. The highest BCUT2D eigenvalue weighted by atomic mass is 32.2. The fourth-order valence-corrected chi connectivity index (χ4v) is 4.02. The van der Waals surface area contributed by atoms with Crippen LogP contribution in [0, 0.1) is 17.1 Å². The number of hydrogen-bond donors (Lipinski definition) is 1. The van der Waals surface area contributed by atoms with Crippen LogP contribution in [-0.2, 0) is 11.4 Å². The van der Waals surface area contributed by atoms with E-state index in [9.17, 15) is 9.18 Å². The van der Waals surface area contributed by atoms with Crippen LogP contribution in [0.3, 0.4) is 0 Å². The van der Waals surface area contributed by atoms with Gasteiger partial charge in [-0.3, -0.25) is 9.36 Å². The third-order valence-electron chi connectivity index (χ3n) is 4.82. The summed E-state index contributed by atoms with van der Waals surface area (Å²) < 4.78 is 21.4. The molecule has 1 atom stereocenters. The second kappa shape index (κ2) is 10.6. The van der Waals surface area contributed by atoms with Crippen LogP contribution >= 0.6 is 11.8 Å². The molecule has 1 amide bonds. The van der Waals surface area contributed by atoms with Crippen LogP contribution in [0.15, 0.2) is 84.0 Å². The molecule has 1 heterocycles. The highest BCUT2D eigenvalue weighted by molar-refractivity contribution is 8.00. The lowest BCUT2D eigenvalue weighted by Crippen LogP contribution is -2.23. The van der Waals surface area contributed by atoms with E-state index in [1.54, 1.807) is 54.0 Å². The number of nitrogens with zero attached hydrogens (tertiary/aromatic N) is 4. The Kier molecular flexibility index (Phi) is 7.20. The molecule has 0 saturated heterocycles. The van der Waals surface area contributed by atoms with Crippen molar-refractivity contribution in [3.63, 3.8) is 0 Å². The van der Waals surface area contributed by atoms with Crippen LogP contribution in [0.25, 0.3) is 5.69 Å². The molecule has 1 unspecified atom stereocenters. The fourth-order valence-electron chi connectivity index (χ4n) is 3.13. The molecule has 1 N–H and O–H groups in total. The van der Waals surface area contributed by atoms with Gasteiger partial charge < -0.3 is 10.1 Å². The highest BCUT2D eigenvalue weighted by Crippen LogP contribution is 2.27. The minimum absolute atomic E-state index is 0.00901. The van der Waals surface area contributed by atoms with Crippen molar-refractivity contribution in [3.8, 4) is 17.5 Å². The average molecular weight is 474 g/mol. The Bertz CT molecular complexity index is 1340. The minimum Gasteiger partial charge on any atom is -0.483 e. The number of aromatic nitrogens is 3. The second-order valence-corrected chi connectivity index (χ2v) is 8.54. The van der Waals surface area contributed by atoms with E-state index in [4.69, 9.17) is 10.00 Å². The van der Waals surface area contributed by atoms with Gasteiger partial charge in [0.05, 0.1) is 16.9 Å². The number of hydrogen-bond acceptors (Lipinski definition) is 6. The first kappa shape index (κ1) is 23.0. The van der Waals surface area contributed by atoms with E-state index in [1.165, 1.54) is 17.8 Å². The van der Waals surface area contributed by atoms with Crippen molar-refractivity contribution >= 4 is 23.4 Å². The summed E-state index contributed by atoms with van der Waals surface area (Å²) in [5.74, 6) is -0.126. The van der Waals surface area contributed by atoms with Gasteiger partial charge in [-0.2, -0.15) is 5.26 Å². The van der Waals surface area contributed by atoms with Crippen LogP contribution < -0.4 is 10.1 Å². The number of ether oxygens (including phenoxy) is 1. The van der Waals surface area contributed by atoms with E-state index < -0.39 is 11.1 Å². The summed E-state index contributed by atoms with van der Waals surface area (Å²) in [5, 5.41) is 20.4. The minimum atomic E-state index is -0.516. The number of anilines is 1. The molecule has 3 aromatic carbocycles. The van der Waals surface area contributed by atoms with Crippen molar-refractivity contribution in [3.05, 3.63) is 96.1 Å². The summed E-state index contributed by atoms with van der Waals surface area (Å²) in [6, 6.07) is 24.3. The molecular weight excluding hydrogens is 453 g/mol. The Balaban J connectivity index is 1.54. The van der Waals surface area contributed by atoms with Crippen LogP contribution in [0.4, 0.5) is 10.1 Å². The molecule has 0 aliphatic carbocycles. The van der Waals surface area contributed by atoms with Gasteiger partial charge in [-0.1, -0.05) is 48.2 Å². The van der Waals surface area contributed by atoms with Crippen LogP contribution in [-0.4, -0.2) is 25.9 Å². The second-order valence-electron chi connectivity index (χ2n) is 7.23. The molecule has 4 rings (SSSR count). The molecular formula is C25H20FN5O2S. The largest absolute Gasteiger partial charge is 0.483 e. The van der Waals surface area contributed by atoms with Gasteiger partial charge in [0, 0.05) is 11.4 Å². The Morgan fingerprint density at radius 2 is 1.88 bits per heavy atom. The quantitative estimate of drug-likeness (QED) is 0.363. The molecule has 0 bridgehead atoms. The average Bonchev–Trinajstić information content (AvgIpc) is 3.26. The van der Waals surface area contributed by atoms with Crippen LogP contribution in [0.2, 0.25) is 0 Å². The molecule has 0 aliphatic rings. The zero-order chi connectivity index (χ0) is 23.9. The predicted octanol–water partition coefficient (Wildman–Crippen LogP) is 4.98. The lowest BCUT2D eigenvalue weighted by molar-refractivity contribution is -0.115. The van der Waals surface area contributed by atoms with Gasteiger partial charge >= 0.3 is 0 Å². The maximum absolute atomic E-state index is 14.0. The SMILES string of the molecule is CC(Sc1nnc(COc2ccccc2F)n1-c1ccccc1)C(=O)Nc1cccc(C#N)c1. The van der Waals surface area contributed by atoms with Gasteiger partial charge in [0.1, 0.15) is 6.61 Å². The van der Waals surface area contributed by atoms with Crippen LogP contribution in [0.1, 0.15) is 18.3 Å². The van der Waals surface area contributed by atoms with Crippen molar-refractivity contribution in [2.75, 3.05) is 5.32 Å². The highest BCUT2D eigenvalue weighted by Gasteiger charge is 2.22. The number of amides is 1. The summed E-state index contributed by atoms with van der Waals surface area (Å²) >= 11 is 1.23. The molecule has 1 aromatic heterocycles. The molecule has 9 heteroatoms. The zero-order valence-corrected chi connectivity index (χ0v) is 19.0. The first-order valence-corrected chi connectivity index (χ1v) is 11.3. The van der Waals surface area contributed by atoms with Crippen LogP contribution in [0.5, 0.6) is 5.75 Å². The van der Waals surface area contributed by atoms with Gasteiger partial charge in [0.15, 0.2) is 22.5 Å². The van der Waals surface area contributed by atoms with Gasteiger partial charge in [0.25, 0.3) is 0 Å². The van der Waals surface area contributed by atoms with E-state index in [-0.39, 0.29) is 18.3 Å². The van der Waals surface area contributed by atoms with Gasteiger partial charge in [-0.05, 0) is 49.4 Å². The van der Waals surface area contributed by atoms with Crippen molar-refractivity contribution in [1.29, 1.82) is 5.26 Å². The number of benzene rings is 3. The molecule has 170 valence electrons. The zero-order valence-electron chi connectivity index (χ0n) is 18.2. The van der Waals surface area contributed by atoms with Gasteiger partial charge in [-0.15, -0.1) is 10.2 Å². The Hall–Kier alpha value is -4.16. The smallest absolute Gasteiger partial charge is 0.237 e. The Labute approximate surface area is 200 Å². The lowest BCUT2D eigenvalue weighted by atomic mass is 10.2. The molecule has 0 fully saturated rings. The standard InChI is InChI=1S/C25H20FN5O2S/c1-17(24(32)28-19-9-7-8-18(14-19)15-27)34-25-30-29-23(31(25)20-10-3-2-4-11-20)16-33-22-13-6-5-12-21(22)26/h2-14,17H,16H2,1H3,(H,28,32). The van der Waals surface area contributed by atoms with E-state index in [0.717, 1.165) is 5.69 Å². The Morgan fingerprint density at radius 3 is 2.65 bits per heavy atom. The number of carbonyl (C=O) groups is 1. The van der Waals surface area contributed by atoms with E-state index in [1.807, 2.05) is 30.3 Å². The maximum Gasteiger partial charge on any atom is 0.237 e. The number of nitriles is 1. The van der Waals surface area contributed by atoms with Crippen molar-refractivity contribution < 1.29 is 13.9 Å². The Morgan fingerprint density at radius 1 is 1.12 bits per heavy atom. The summed E-state index contributed by atoms with van der Waals surface area (Å²) in [6.07, 6.45) is 0. The topological polar surface area (TPSA) is 92.8 Å². The van der Waals surface area contributed by atoms with Crippen molar-refractivity contribution in [2.45, 2.75) is 23.9 Å². The lowest BCUT2D eigenvalue weighted by Gasteiger charge is -2.14. The first-order chi connectivity index (χ1) is 16.5. The molecule has 0 radical (unpaired) electrons. The number of para-hydroxylation sites is 2. The molecule has 0 saturated carbocycles. The summed E-state index contributed by atoms with van der Waals surface area (Å²) in [5.41, 5.74) is 1.79. The predicted molar refractivity (Wildman–Crippen MR) is 127 cm³/mol. The first-order valence-electron chi connectivity index (χ1n) is 10.4. The van der Waals surface area contributed by atoms with E-state index in [2.05, 4.69) is 21.6 Å². The molecule has 34 heavy (non-hydrogen) atoms. The van der Waals surface area contributed by atoms with Gasteiger partial charge in [0.2, 0.25) is 5.91 Å². The number of carbonyl (C=O) groups excluding carboxylic acids is 1. The fraction of sp³-hybridized carbons (Fsp3) is 0.120. The number of nitrogens with one attached hydrogen (secondary N) is 1.